The minimum atomic E-state index is -0.893. The summed E-state index contributed by atoms with van der Waals surface area (Å²) in [6.07, 6.45) is 0.572. The predicted molar refractivity (Wildman–Crippen MR) is 153 cm³/mol. The molecule has 0 atom stereocenters. The summed E-state index contributed by atoms with van der Waals surface area (Å²) < 4.78 is 8.65. The van der Waals surface area contributed by atoms with Gasteiger partial charge in [0.2, 0.25) is 5.91 Å². The minimum absolute atomic E-state index is 0.00397. The molecule has 2 amide bonds. The lowest BCUT2D eigenvalue weighted by molar-refractivity contribution is -0.124. The molecule has 0 bridgehead atoms. The second-order valence-corrected chi connectivity index (χ2v) is 11.4. The molecule has 0 unspecified atom stereocenters. The van der Waals surface area contributed by atoms with E-state index in [1.165, 1.54) is 11.2 Å². The lowest BCUT2D eigenvalue weighted by Gasteiger charge is -2.33. The van der Waals surface area contributed by atoms with Crippen molar-refractivity contribution in [2.24, 2.45) is 0 Å². The average molecular weight is 565 g/mol. The number of fused-ring (bicyclic) bond motifs is 2. The third-order valence-electron chi connectivity index (χ3n) is 7.67. The van der Waals surface area contributed by atoms with Crippen LogP contribution >= 0.6 is 11.3 Å². The molecule has 2 aliphatic rings. The molecule has 210 valence electrons. The number of nitrogen functional groups attached to an aromatic ring is 1. The lowest BCUT2D eigenvalue weighted by Crippen LogP contribution is -2.48. The standard InChI is InChI=1S/C27H32N8O4S/c1-16-9-17-11-21(40-25(17)20(10-16)39-2)23-18(12-33-4-3-29-22(36)14-33)19(35-24(23)26(28)30-15-31-35)13-32-5-7-34(8-6-32)27(37)38/h9-11,15H,3-8,12-14H2,1-2H3,(H,29,36)(H,37,38)(H2,28,30,31). The summed E-state index contributed by atoms with van der Waals surface area (Å²) in [6, 6.07) is 6.35. The third kappa shape index (κ3) is 4.80. The van der Waals surface area contributed by atoms with Crippen molar-refractivity contribution in [2.75, 3.05) is 58.7 Å². The molecule has 13 heteroatoms. The van der Waals surface area contributed by atoms with Gasteiger partial charge in [0.25, 0.3) is 0 Å². The maximum Gasteiger partial charge on any atom is 0.407 e. The number of nitrogens with two attached hydrogens (primary N) is 1. The number of nitrogens with zero attached hydrogens (tertiary/aromatic N) is 6. The van der Waals surface area contributed by atoms with Crippen molar-refractivity contribution >= 4 is 44.8 Å². The van der Waals surface area contributed by atoms with Crippen molar-refractivity contribution in [3.63, 3.8) is 0 Å². The number of hydrogen-bond donors (Lipinski definition) is 3. The van der Waals surface area contributed by atoms with Gasteiger partial charge in [-0.15, -0.1) is 11.3 Å². The van der Waals surface area contributed by atoms with Gasteiger partial charge < -0.3 is 25.8 Å². The number of nitrogens with one attached hydrogen (secondary N) is 1. The number of piperazine rings is 2. The van der Waals surface area contributed by atoms with Crippen LogP contribution in [0.25, 0.3) is 26.0 Å². The Bertz CT molecular complexity index is 1610. The van der Waals surface area contributed by atoms with Crippen molar-refractivity contribution in [3.05, 3.63) is 41.3 Å². The van der Waals surface area contributed by atoms with Crippen molar-refractivity contribution in [1.82, 2.24) is 34.6 Å². The van der Waals surface area contributed by atoms with E-state index in [2.05, 4.69) is 37.3 Å². The Balaban J connectivity index is 1.51. The monoisotopic (exact) mass is 564 g/mol. The zero-order valence-corrected chi connectivity index (χ0v) is 23.3. The van der Waals surface area contributed by atoms with Crippen LogP contribution < -0.4 is 15.8 Å². The number of methoxy groups -OCH3 is 1. The number of carboxylic acid groups (broad SMARTS) is 1. The van der Waals surface area contributed by atoms with Crippen LogP contribution in [0.4, 0.5) is 10.6 Å². The van der Waals surface area contributed by atoms with Crippen LogP contribution in [0.15, 0.2) is 24.5 Å². The Morgan fingerprint density at radius 2 is 1.95 bits per heavy atom. The first kappa shape index (κ1) is 26.3. The summed E-state index contributed by atoms with van der Waals surface area (Å²) in [4.78, 5) is 34.9. The van der Waals surface area contributed by atoms with Gasteiger partial charge in [-0.1, -0.05) is 6.07 Å². The number of amides is 2. The van der Waals surface area contributed by atoms with Crippen LogP contribution in [0.2, 0.25) is 0 Å². The number of carbonyl (C=O) groups excluding carboxylic acids is 1. The van der Waals surface area contributed by atoms with Gasteiger partial charge in [-0.05, 0) is 30.0 Å². The van der Waals surface area contributed by atoms with E-state index in [1.54, 1.807) is 18.4 Å². The molecular weight excluding hydrogens is 532 g/mol. The van der Waals surface area contributed by atoms with Crippen molar-refractivity contribution < 1.29 is 19.4 Å². The van der Waals surface area contributed by atoms with Gasteiger partial charge in [0, 0.05) is 68.4 Å². The number of aromatic nitrogens is 3. The molecule has 2 aliphatic heterocycles. The van der Waals surface area contributed by atoms with E-state index in [-0.39, 0.29) is 5.91 Å². The van der Waals surface area contributed by atoms with Crippen LogP contribution in [-0.2, 0) is 17.9 Å². The first-order valence-electron chi connectivity index (χ1n) is 13.2. The number of carbonyl (C=O) groups is 2. The highest BCUT2D eigenvalue weighted by Crippen LogP contribution is 2.44. The second-order valence-electron chi connectivity index (χ2n) is 10.3. The first-order chi connectivity index (χ1) is 19.3. The maximum atomic E-state index is 12.3. The van der Waals surface area contributed by atoms with E-state index in [4.69, 9.17) is 10.5 Å². The van der Waals surface area contributed by atoms with Gasteiger partial charge >= 0.3 is 6.09 Å². The normalized spacial score (nSPS) is 17.1. The SMILES string of the molecule is COc1cc(C)cc2cc(-c3c(CN4CCNC(=O)C4)c(CN4CCN(C(=O)O)CC4)n4ncnc(N)c34)sc12. The Labute approximate surface area is 234 Å². The van der Waals surface area contributed by atoms with Gasteiger partial charge in [0.15, 0.2) is 5.82 Å². The van der Waals surface area contributed by atoms with Gasteiger partial charge in [0.1, 0.15) is 17.6 Å². The van der Waals surface area contributed by atoms with Gasteiger partial charge in [0.05, 0.1) is 24.0 Å². The molecule has 6 rings (SSSR count). The van der Waals surface area contributed by atoms with Gasteiger partial charge in [-0.3, -0.25) is 14.6 Å². The predicted octanol–water partition coefficient (Wildman–Crippen LogP) is 2.24. The highest BCUT2D eigenvalue weighted by molar-refractivity contribution is 7.22. The molecule has 2 fully saturated rings. The molecule has 3 aromatic heterocycles. The topological polar surface area (TPSA) is 142 Å². The molecule has 2 saturated heterocycles. The van der Waals surface area contributed by atoms with E-state index in [0.29, 0.717) is 58.2 Å². The molecule has 0 spiro atoms. The smallest absolute Gasteiger partial charge is 0.407 e. The zero-order chi connectivity index (χ0) is 28.0. The molecule has 0 aliphatic carbocycles. The van der Waals surface area contributed by atoms with E-state index in [1.807, 2.05) is 17.5 Å². The summed E-state index contributed by atoms with van der Waals surface area (Å²) in [7, 11) is 1.68. The molecule has 0 radical (unpaired) electrons. The largest absolute Gasteiger partial charge is 0.495 e. The fourth-order valence-corrected chi connectivity index (χ4v) is 6.92. The summed E-state index contributed by atoms with van der Waals surface area (Å²) in [5.74, 6) is 1.21. The van der Waals surface area contributed by atoms with Crippen LogP contribution in [0, 0.1) is 6.92 Å². The fraction of sp³-hybridized carbons (Fsp3) is 0.407. The van der Waals surface area contributed by atoms with E-state index in [0.717, 1.165) is 55.2 Å². The number of hydrogen-bond acceptors (Lipinski definition) is 9. The van der Waals surface area contributed by atoms with Gasteiger partial charge in [-0.2, -0.15) is 5.10 Å². The quantitative estimate of drug-likeness (QED) is 0.321. The van der Waals surface area contributed by atoms with E-state index >= 15 is 0 Å². The number of ether oxygens (including phenoxy) is 1. The molecule has 4 N–H and O–H groups in total. The molecule has 4 aromatic rings. The Kier molecular flexibility index (Phi) is 6.94. The first-order valence-corrected chi connectivity index (χ1v) is 14.0. The van der Waals surface area contributed by atoms with Crippen molar-refractivity contribution in [2.45, 2.75) is 20.0 Å². The van der Waals surface area contributed by atoms with E-state index < -0.39 is 6.09 Å². The van der Waals surface area contributed by atoms with Crippen LogP contribution in [0.5, 0.6) is 5.75 Å². The van der Waals surface area contributed by atoms with Crippen LogP contribution in [0.1, 0.15) is 16.8 Å². The van der Waals surface area contributed by atoms with Crippen LogP contribution in [-0.4, -0.2) is 99.3 Å². The number of aryl methyl sites for hydroxylation is 1. The van der Waals surface area contributed by atoms with Crippen molar-refractivity contribution in [1.29, 1.82) is 0 Å². The average Bonchev–Trinajstić information content (AvgIpc) is 3.48. The summed E-state index contributed by atoms with van der Waals surface area (Å²) in [6.45, 7) is 6.90. The van der Waals surface area contributed by atoms with Crippen molar-refractivity contribution in [3.8, 4) is 16.2 Å². The second kappa shape index (κ2) is 10.6. The summed E-state index contributed by atoms with van der Waals surface area (Å²) in [5, 5.41) is 18.0. The summed E-state index contributed by atoms with van der Waals surface area (Å²) >= 11 is 1.64. The van der Waals surface area contributed by atoms with E-state index in [9.17, 15) is 14.7 Å². The maximum absolute atomic E-state index is 12.3. The number of thiophene rings is 1. The molecule has 5 heterocycles. The zero-order valence-electron chi connectivity index (χ0n) is 22.5. The third-order valence-corrected chi connectivity index (χ3v) is 8.85. The molecule has 1 aromatic carbocycles. The summed E-state index contributed by atoms with van der Waals surface area (Å²) in [5.41, 5.74) is 11.4. The molecule has 40 heavy (non-hydrogen) atoms. The Morgan fingerprint density at radius 3 is 2.67 bits per heavy atom. The number of rotatable bonds is 6. The molecule has 12 nitrogen and oxygen atoms in total. The lowest BCUT2D eigenvalue weighted by atomic mass is 10.0. The minimum Gasteiger partial charge on any atom is -0.495 e. The Hall–Kier alpha value is -3.94. The highest BCUT2D eigenvalue weighted by atomic mass is 32.1. The van der Waals surface area contributed by atoms with Gasteiger partial charge in [-0.25, -0.2) is 14.3 Å². The molecular formula is C27H32N8O4S. The fourth-order valence-electron chi connectivity index (χ4n) is 5.72. The molecule has 0 saturated carbocycles. The van der Waals surface area contributed by atoms with Crippen LogP contribution in [0.3, 0.4) is 0 Å². The number of benzene rings is 1. The highest BCUT2D eigenvalue weighted by Gasteiger charge is 2.29. The Morgan fingerprint density at radius 1 is 1.15 bits per heavy atom. The number of anilines is 1.